The van der Waals surface area contributed by atoms with Crippen LogP contribution in [0.2, 0.25) is 0 Å². The minimum atomic E-state index is -0.371. The highest BCUT2D eigenvalue weighted by molar-refractivity contribution is 5.91. The fraction of sp³-hybridized carbons (Fsp3) is 0.0769. The molecule has 4 rings (SSSR count). The van der Waals surface area contributed by atoms with Crippen LogP contribution < -0.4 is 0 Å². The molecule has 0 aliphatic rings. The first-order valence-corrected chi connectivity index (χ1v) is 9.34. The summed E-state index contributed by atoms with van der Waals surface area (Å²) in [5, 5.41) is 1.36. The summed E-state index contributed by atoms with van der Waals surface area (Å²) in [4.78, 5) is 0. The van der Waals surface area contributed by atoms with Gasteiger partial charge in [0.15, 0.2) is 0 Å². The summed E-state index contributed by atoms with van der Waals surface area (Å²) in [6.45, 7) is 3.76. The Balaban J connectivity index is 1.70. The van der Waals surface area contributed by atoms with Gasteiger partial charge in [0.25, 0.3) is 0 Å². The van der Waals surface area contributed by atoms with E-state index in [0.29, 0.717) is 16.5 Å². The standard InChI is InChI=1S/C26H20F2/c1-2-3-5-18-8-10-19(11-9-18)20-12-14-25-22(16-20)13-15-24(26(25)28)21-6-4-7-23(27)17-21/h2,4,6-17H,1,3,5H2. The molecule has 0 aromatic heterocycles. The minimum absolute atomic E-state index is 0.325. The van der Waals surface area contributed by atoms with Crippen molar-refractivity contribution >= 4 is 10.8 Å². The predicted molar refractivity (Wildman–Crippen MR) is 113 cm³/mol. The van der Waals surface area contributed by atoms with Gasteiger partial charge >= 0.3 is 0 Å². The lowest BCUT2D eigenvalue weighted by Gasteiger charge is -2.10. The first-order valence-electron chi connectivity index (χ1n) is 9.34. The second-order valence-electron chi connectivity index (χ2n) is 6.90. The molecule has 4 aromatic rings. The fourth-order valence-electron chi connectivity index (χ4n) is 3.48. The van der Waals surface area contributed by atoms with E-state index in [1.165, 1.54) is 17.7 Å². The van der Waals surface area contributed by atoms with Gasteiger partial charge in [0.1, 0.15) is 11.6 Å². The maximum Gasteiger partial charge on any atom is 0.138 e. The van der Waals surface area contributed by atoms with Crippen LogP contribution in [0, 0.1) is 11.6 Å². The lowest BCUT2D eigenvalue weighted by atomic mass is 9.96. The van der Waals surface area contributed by atoms with E-state index in [-0.39, 0.29) is 11.6 Å². The zero-order chi connectivity index (χ0) is 19.5. The molecular weight excluding hydrogens is 350 g/mol. The topological polar surface area (TPSA) is 0 Å². The Morgan fingerprint density at radius 3 is 2.29 bits per heavy atom. The van der Waals surface area contributed by atoms with Crippen molar-refractivity contribution in [2.45, 2.75) is 12.8 Å². The van der Waals surface area contributed by atoms with E-state index in [1.807, 2.05) is 24.3 Å². The first kappa shape index (κ1) is 18.1. The summed E-state index contributed by atoms with van der Waals surface area (Å²) in [6, 6.07) is 23.8. The van der Waals surface area contributed by atoms with Gasteiger partial charge in [-0.05, 0) is 58.7 Å². The number of fused-ring (bicyclic) bond motifs is 1. The van der Waals surface area contributed by atoms with Crippen LogP contribution in [0.15, 0.2) is 91.5 Å². The highest BCUT2D eigenvalue weighted by Gasteiger charge is 2.11. The van der Waals surface area contributed by atoms with E-state index in [9.17, 15) is 4.39 Å². The third kappa shape index (κ3) is 3.59. The maximum absolute atomic E-state index is 15.1. The molecule has 0 nitrogen and oxygen atoms in total. The van der Waals surface area contributed by atoms with Gasteiger partial charge < -0.3 is 0 Å². The molecule has 0 radical (unpaired) electrons. The SMILES string of the molecule is C=CCCc1ccc(-c2ccc3c(F)c(-c4cccc(F)c4)ccc3c2)cc1. The molecule has 0 bridgehead atoms. The van der Waals surface area contributed by atoms with Gasteiger partial charge in [-0.3, -0.25) is 0 Å². The number of allylic oxidation sites excluding steroid dienone is 1. The third-order valence-corrected chi connectivity index (χ3v) is 5.01. The third-order valence-electron chi connectivity index (χ3n) is 5.01. The number of rotatable bonds is 5. The van der Waals surface area contributed by atoms with Crippen LogP contribution in [0.3, 0.4) is 0 Å². The molecule has 0 atom stereocenters. The number of hydrogen-bond donors (Lipinski definition) is 0. The normalized spacial score (nSPS) is 10.9. The highest BCUT2D eigenvalue weighted by Crippen LogP contribution is 2.32. The second-order valence-corrected chi connectivity index (χ2v) is 6.90. The van der Waals surface area contributed by atoms with Crippen molar-refractivity contribution in [3.8, 4) is 22.3 Å². The quantitative estimate of drug-likeness (QED) is 0.318. The molecule has 0 aliphatic heterocycles. The van der Waals surface area contributed by atoms with E-state index in [4.69, 9.17) is 0 Å². The van der Waals surface area contributed by atoms with E-state index in [0.717, 1.165) is 29.4 Å². The van der Waals surface area contributed by atoms with E-state index in [1.54, 1.807) is 24.3 Å². The lowest BCUT2D eigenvalue weighted by molar-refractivity contribution is 0.627. The Labute approximate surface area is 163 Å². The second kappa shape index (κ2) is 7.77. The van der Waals surface area contributed by atoms with Crippen molar-refractivity contribution in [2.75, 3.05) is 0 Å². The van der Waals surface area contributed by atoms with Crippen LogP contribution in [0.4, 0.5) is 8.78 Å². The van der Waals surface area contributed by atoms with Gasteiger partial charge in [-0.1, -0.05) is 66.7 Å². The van der Waals surface area contributed by atoms with Crippen molar-refractivity contribution < 1.29 is 8.78 Å². The van der Waals surface area contributed by atoms with Crippen LogP contribution in [0.25, 0.3) is 33.0 Å². The van der Waals surface area contributed by atoms with Gasteiger partial charge in [-0.2, -0.15) is 0 Å². The van der Waals surface area contributed by atoms with Gasteiger partial charge in [0.2, 0.25) is 0 Å². The molecule has 0 amide bonds. The van der Waals surface area contributed by atoms with Crippen molar-refractivity contribution in [3.05, 3.63) is 109 Å². The summed E-state index contributed by atoms with van der Waals surface area (Å²) >= 11 is 0. The van der Waals surface area contributed by atoms with Gasteiger partial charge in [-0.25, -0.2) is 8.78 Å². The average molecular weight is 370 g/mol. The van der Waals surface area contributed by atoms with Crippen molar-refractivity contribution in [1.29, 1.82) is 0 Å². The monoisotopic (exact) mass is 370 g/mol. The van der Waals surface area contributed by atoms with E-state index < -0.39 is 0 Å². The van der Waals surface area contributed by atoms with Gasteiger partial charge in [0.05, 0.1) is 0 Å². The molecule has 0 N–H and O–H groups in total. The molecular formula is C26H20F2. The fourth-order valence-corrected chi connectivity index (χ4v) is 3.48. The molecule has 28 heavy (non-hydrogen) atoms. The van der Waals surface area contributed by atoms with Crippen molar-refractivity contribution in [3.63, 3.8) is 0 Å². The van der Waals surface area contributed by atoms with Gasteiger partial charge in [-0.15, -0.1) is 6.58 Å². The zero-order valence-corrected chi connectivity index (χ0v) is 15.5. The largest absolute Gasteiger partial charge is 0.207 e. The smallest absolute Gasteiger partial charge is 0.138 e. The number of benzene rings is 4. The van der Waals surface area contributed by atoms with Crippen LogP contribution >= 0.6 is 0 Å². The number of hydrogen-bond acceptors (Lipinski definition) is 0. The molecule has 0 heterocycles. The molecule has 0 unspecified atom stereocenters. The van der Waals surface area contributed by atoms with Gasteiger partial charge in [0, 0.05) is 10.9 Å². The Morgan fingerprint density at radius 2 is 1.54 bits per heavy atom. The Bertz CT molecular complexity index is 1140. The van der Waals surface area contributed by atoms with Crippen molar-refractivity contribution in [1.82, 2.24) is 0 Å². The summed E-state index contributed by atoms with van der Waals surface area (Å²) < 4.78 is 28.6. The van der Waals surface area contributed by atoms with Crippen LogP contribution in [0.1, 0.15) is 12.0 Å². The summed E-state index contributed by atoms with van der Waals surface area (Å²) in [5.41, 5.74) is 4.36. The van der Waals surface area contributed by atoms with Crippen LogP contribution in [-0.2, 0) is 6.42 Å². The number of halogens is 2. The first-order chi connectivity index (χ1) is 13.7. The molecule has 0 saturated carbocycles. The van der Waals surface area contributed by atoms with E-state index in [2.05, 4.69) is 30.8 Å². The number of aryl methyl sites for hydroxylation is 1. The maximum atomic E-state index is 15.1. The zero-order valence-electron chi connectivity index (χ0n) is 15.5. The molecule has 0 aliphatic carbocycles. The van der Waals surface area contributed by atoms with E-state index >= 15 is 4.39 Å². The average Bonchev–Trinajstić information content (AvgIpc) is 2.72. The molecule has 4 aromatic carbocycles. The van der Waals surface area contributed by atoms with Crippen LogP contribution in [-0.4, -0.2) is 0 Å². The predicted octanol–water partition coefficient (Wildman–Crippen LogP) is 7.57. The minimum Gasteiger partial charge on any atom is -0.207 e. The molecule has 0 fully saturated rings. The molecule has 0 spiro atoms. The van der Waals surface area contributed by atoms with Crippen molar-refractivity contribution in [2.24, 2.45) is 0 Å². The highest BCUT2D eigenvalue weighted by atomic mass is 19.1. The molecule has 2 heteroatoms. The lowest BCUT2D eigenvalue weighted by Crippen LogP contribution is -1.89. The Morgan fingerprint density at radius 1 is 0.750 bits per heavy atom. The molecule has 138 valence electrons. The molecule has 0 saturated heterocycles. The summed E-state index contributed by atoms with van der Waals surface area (Å²) in [6.07, 6.45) is 3.86. The summed E-state index contributed by atoms with van der Waals surface area (Å²) in [7, 11) is 0. The van der Waals surface area contributed by atoms with Crippen LogP contribution in [0.5, 0.6) is 0 Å². The Hall–Kier alpha value is -3.26. The summed E-state index contributed by atoms with van der Waals surface area (Å²) in [5.74, 6) is -0.696. The Kier molecular flexibility index (Phi) is 5.03.